The van der Waals surface area contributed by atoms with Gasteiger partial charge in [0.2, 0.25) is 5.91 Å². The maximum absolute atomic E-state index is 12.6. The van der Waals surface area contributed by atoms with E-state index in [9.17, 15) is 4.79 Å². The van der Waals surface area contributed by atoms with Crippen LogP contribution in [0.1, 0.15) is 26.3 Å². The number of nitrogens with zero attached hydrogens (tertiary/aromatic N) is 3. The van der Waals surface area contributed by atoms with Gasteiger partial charge in [0.1, 0.15) is 5.75 Å². The van der Waals surface area contributed by atoms with Gasteiger partial charge in [0, 0.05) is 28.0 Å². The molecule has 35 heavy (non-hydrogen) atoms. The van der Waals surface area contributed by atoms with E-state index in [-0.39, 0.29) is 17.1 Å². The monoisotopic (exact) mass is 506 g/mol. The third-order valence-electron chi connectivity index (χ3n) is 5.41. The molecule has 0 aliphatic heterocycles. The quantitative estimate of drug-likeness (QED) is 0.285. The lowest BCUT2D eigenvalue weighted by Crippen LogP contribution is -2.14. The summed E-state index contributed by atoms with van der Waals surface area (Å²) in [5, 5.41) is 13.0. The second-order valence-corrected chi connectivity index (χ2v) is 10.4. The van der Waals surface area contributed by atoms with Crippen molar-refractivity contribution in [2.75, 3.05) is 18.2 Å². The van der Waals surface area contributed by atoms with Crippen molar-refractivity contribution < 1.29 is 9.53 Å². The van der Waals surface area contributed by atoms with Crippen LogP contribution in [0.2, 0.25) is 5.02 Å². The Hall–Kier alpha value is -3.29. The van der Waals surface area contributed by atoms with Crippen molar-refractivity contribution in [1.29, 1.82) is 0 Å². The molecule has 1 aromatic heterocycles. The number of carbonyl (C=O) groups excluding carboxylic acids is 1. The first-order valence-corrected chi connectivity index (χ1v) is 12.5. The van der Waals surface area contributed by atoms with Crippen molar-refractivity contribution in [1.82, 2.24) is 14.8 Å². The largest absolute Gasteiger partial charge is 0.497 e. The summed E-state index contributed by atoms with van der Waals surface area (Å²) in [6.45, 7) is 6.55. The molecule has 180 valence electrons. The van der Waals surface area contributed by atoms with Crippen LogP contribution in [0.5, 0.6) is 5.75 Å². The first kappa shape index (κ1) is 24.8. The minimum Gasteiger partial charge on any atom is -0.497 e. The fourth-order valence-electron chi connectivity index (χ4n) is 3.52. The molecule has 1 heterocycles. The lowest BCUT2D eigenvalue weighted by molar-refractivity contribution is -0.113. The van der Waals surface area contributed by atoms with E-state index in [1.807, 2.05) is 47.0 Å². The van der Waals surface area contributed by atoms with E-state index in [0.29, 0.717) is 27.4 Å². The molecule has 4 aromatic rings. The summed E-state index contributed by atoms with van der Waals surface area (Å²) in [5.41, 5.74) is 3.77. The molecule has 3 aromatic carbocycles. The van der Waals surface area contributed by atoms with Gasteiger partial charge in [-0.3, -0.25) is 9.36 Å². The second-order valence-electron chi connectivity index (χ2n) is 9.01. The number of rotatable bonds is 7. The van der Waals surface area contributed by atoms with Crippen molar-refractivity contribution >= 4 is 35.0 Å². The lowest BCUT2D eigenvalue weighted by Gasteiger charge is -2.19. The highest BCUT2D eigenvalue weighted by atomic mass is 35.5. The Kier molecular flexibility index (Phi) is 7.48. The fraction of sp³-hybridized carbons (Fsp3) is 0.222. The number of aromatic nitrogens is 3. The lowest BCUT2D eigenvalue weighted by atomic mass is 9.87. The van der Waals surface area contributed by atoms with Gasteiger partial charge in [0.25, 0.3) is 0 Å². The average Bonchev–Trinajstić information content (AvgIpc) is 3.27. The first-order valence-electron chi connectivity index (χ1n) is 11.1. The standard InChI is InChI=1S/C27H27ClN4O2S/c1-27(2,3)19-10-8-18(9-11-19)25-30-31-26(32(25)22-14-12-20(28)13-15-22)35-17-24(33)29-21-6-5-7-23(16-21)34-4/h5-16H,17H2,1-4H3,(H,29,33). The van der Waals surface area contributed by atoms with Gasteiger partial charge < -0.3 is 10.1 Å². The van der Waals surface area contributed by atoms with Crippen LogP contribution in [0.25, 0.3) is 17.1 Å². The van der Waals surface area contributed by atoms with Crippen LogP contribution >= 0.6 is 23.4 Å². The van der Waals surface area contributed by atoms with Gasteiger partial charge in [0.05, 0.1) is 12.9 Å². The highest BCUT2D eigenvalue weighted by molar-refractivity contribution is 7.99. The van der Waals surface area contributed by atoms with Crippen molar-refractivity contribution in [3.63, 3.8) is 0 Å². The van der Waals surface area contributed by atoms with E-state index >= 15 is 0 Å². The minimum absolute atomic E-state index is 0.0551. The van der Waals surface area contributed by atoms with E-state index in [0.717, 1.165) is 11.3 Å². The Morgan fingerprint density at radius 2 is 1.74 bits per heavy atom. The highest BCUT2D eigenvalue weighted by Crippen LogP contribution is 2.31. The zero-order valence-electron chi connectivity index (χ0n) is 20.1. The summed E-state index contributed by atoms with van der Waals surface area (Å²) in [6, 6.07) is 23.1. The van der Waals surface area contributed by atoms with E-state index in [2.05, 4.69) is 60.6 Å². The molecule has 0 saturated heterocycles. The number of anilines is 1. The van der Waals surface area contributed by atoms with E-state index < -0.39 is 0 Å². The molecule has 8 heteroatoms. The van der Waals surface area contributed by atoms with Gasteiger partial charge in [-0.15, -0.1) is 10.2 Å². The van der Waals surface area contributed by atoms with Crippen LogP contribution in [0.4, 0.5) is 5.69 Å². The predicted octanol–water partition coefficient (Wildman–Crippen LogP) is 6.62. The molecule has 6 nitrogen and oxygen atoms in total. The Balaban J connectivity index is 1.60. The average molecular weight is 507 g/mol. The molecule has 0 atom stereocenters. The fourth-order valence-corrected chi connectivity index (χ4v) is 4.40. The molecule has 0 aliphatic carbocycles. The summed E-state index contributed by atoms with van der Waals surface area (Å²) < 4.78 is 7.17. The van der Waals surface area contributed by atoms with Crippen LogP contribution in [-0.2, 0) is 10.2 Å². The number of halogens is 1. The Morgan fingerprint density at radius 3 is 2.40 bits per heavy atom. The SMILES string of the molecule is COc1cccc(NC(=O)CSc2nnc(-c3ccc(C(C)(C)C)cc3)n2-c2ccc(Cl)cc2)c1. The number of hydrogen-bond donors (Lipinski definition) is 1. The first-order chi connectivity index (χ1) is 16.7. The Labute approximate surface area is 214 Å². The minimum atomic E-state index is -0.148. The molecule has 4 rings (SSSR count). The molecule has 0 radical (unpaired) electrons. The second kappa shape index (κ2) is 10.5. The normalized spacial score (nSPS) is 11.3. The smallest absolute Gasteiger partial charge is 0.234 e. The predicted molar refractivity (Wildman–Crippen MR) is 143 cm³/mol. The van der Waals surface area contributed by atoms with Crippen molar-refractivity contribution in [2.45, 2.75) is 31.3 Å². The van der Waals surface area contributed by atoms with Gasteiger partial charge in [-0.25, -0.2) is 0 Å². The number of ether oxygens (including phenoxy) is 1. The van der Waals surface area contributed by atoms with Crippen LogP contribution in [-0.4, -0.2) is 33.5 Å². The molecule has 1 N–H and O–H groups in total. The summed E-state index contributed by atoms with van der Waals surface area (Å²) in [7, 11) is 1.59. The number of methoxy groups -OCH3 is 1. The number of amides is 1. The molecule has 0 bridgehead atoms. The van der Waals surface area contributed by atoms with E-state index in [1.165, 1.54) is 17.3 Å². The topological polar surface area (TPSA) is 69.0 Å². The van der Waals surface area contributed by atoms with Crippen molar-refractivity contribution in [3.05, 3.63) is 83.4 Å². The van der Waals surface area contributed by atoms with Gasteiger partial charge in [-0.1, -0.05) is 74.5 Å². The molecule has 0 aliphatic rings. The number of nitrogens with one attached hydrogen (secondary N) is 1. The zero-order chi connectivity index (χ0) is 25.0. The Morgan fingerprint density at radius 1 is 1.03 bits per heavy atom. The highest BCUT2D eigenvalue weighted by Gasteiger charge is 2.19. The summed E-state index contributed by atoms with van der Waals surface area (Å²) >= 11 is 7.44. The third kappa shape index (κ3) is 6.05. The molecule has 0 spiro atoms. The van der Waals surface area contributed by atoms with E-state index in [1.54, 1.807) is 13.2 Å². The number of benzene rings is 3. The van der Waals surface area contributed by atoms with Crippen LogP contribution in [0, 0.1) is 0 Å². The molecule has 0 unspecified atom stereocenters. The zero-order valence-corrected chi connectivity index (χ0v) is 21.7. The molecule has 0 saturated carbocycles. The number of hydrogen-bond acceptors (Lipinski definition) is 5. The summed E-state index contributed by atoms with van der Waals surface area (Å²) in [4.78, 5) is 12.6. The Bertz CT molecular complexity index is 1310. The maximum Gasteiger partial charge on any atom is 0.234 e. The summed E-state index contributed by atoms with van der Waals surface area (Å²) in [5.74, 6) is 1.40. The molecular weight excluding hydrogens is 480 g/mol. The van der Waals surface area contributed by atoms with Gasteiger partial charge in [0.15, 0.2) is 11.0 Å². The molecule has 0 fully saturated rings. The third-order valence-corrected chi connectivity index (χ3v) is 6.59. The van der Waals surface area contributed by atoms with Crippen LogP contribution < -0.4 is 10.1 Å². The molecular formula is C27H27ClN4O2S. The number of carbonyl (C=O) groups is 1. The van der Waals surface area contributed by atoms with Gasteiger partial charge in [-0.2, -0.15) is 0 Å². The van der Waals surface area contributed by atoms with Crippen LogP contribution in [0.3, 0.4) is 0 Å². The van der Waals surface area contributed by atoms with E-state index in [4.69, 9.17) is 16.3 Å². The maximum atomic E-state index is 12.6. The molecule has 1 amide bonds. The van der Waals surface area contributed by atoms with Gasteiger partial charge >= 0.3 is 0 Å². The summed E-state index contributed by atoms with van der Waals surface area (Å²) in [6.07, 6.45) is 0. The van der Waals surface area contributed by atoms with Crippen molar-refractivity contribution in [2.24, 2.45) is 0 Å². The van der Waals surface area contributed by atoms with Gasteiger partial charge in [-0.05, 0) is 47.4 Å². The van der Waals surface area contributed by atoms with Crippen molar-refractivity contribution in [3.8, 4) is 22.8 Å². The number of thioether (sulfide) groups is 1. The van der Waals surface area contributed by atoms with Crippen LogP contribution in [0.15, 0.2) is 78.0 Å².